The Hall–Kier alpha value is -1.16. The molecule has 1 aromatic heterocycles. The molecule has 1 aliphatic heterocycles. The minimum Gasteiger partial charge on any atom is -0.376 e. The Morgan fingerprint density at radius 3 is 2.59 bits per heavy atom. The maximum atomic E-state index is 5.53. The summed E-state index contributed by atoms with van der Waals surface area (Å²) in [5, 5.41) is 3.22. The van der Waals surface area contributed by atoms with Crippen molar-refractivity contribution in [1.82, 2.24) is 9.97 Å². The van der Waals surface area contributed by atoms with Crippen LogP contribution in [0.15, 0.2) is 12.4 Å². The van der Waals surface area contributed by atoms with Crippen LogP contribution in [0.3, 0.4) is 0 Å². The van der Waals surface area contributed by atoms with Crippen LogP contribution in [-0.2, 0) is 10.2 Å². The van der Waals surface area contributed by atoms with Crippen molar-refractivity contribution in [2.75, 3.05) is 18.5 Å². The molecule has 2 heterocycles. The van der Waals surface area contributed by atoms with Crippen LogP contribution in [-0.4, -0.2) is 29.2 Å². The minimum atomic E-state index is 0.104. The van der Waals surface area contributed by atoms with E-state index in [1.165, 1.54) is 0 Å². The SMILES string of the molecule is CC(C)(C)c1cnc(NCC2CCCO2)nc1. The molecule has 0 saturated carbocycles. The van der Waals surface area contributed by atoms with Crippen molar-refractivity contribution >= 4 is 5.95 Å². The van der Waals surface area contributed by atoms with Gasteiger partial charge in [0.15, 0.2) is 0 Å². The van der Waals surface area contributed by atoms with E-state index in [4.69, 9.17) is 4.74 Å². The third-order valence-electron chi connectivity index (χ3n) is 3.03. The van der Waals surface area contributed by atoms with Gasteiger partial charge in [-0.05, 0) is 23.8 Å². The molecule has 0 amide bonds. The summed E-state index contributed by atoms with van der Waals surface area (Å²) in [7, 11) is 0. The fourth-order valence-electron chi connectivity index (χ4n) is 1.82. The van der Waals surface area contributed by atoms with Gasteiger partial charge in [0.2, 0.25) is 5.95 Å². The molecule has 1 N–H and O–H groups in total. The maximum absolute atomic E-state index is 5.53. The molecule has 0 bridgehead atoms. The van der Waals surface area contributed by atoms with Gasteiger partial charge in [-0.2, -0.15) is 0 Å². The zero-order chi connectivity index (χ0) is 12.3. The molecule has 17 heavy (non-hydrogen) atoms. The van der Waals surface area contributed by atoms with Crippen LogP contribution in [0.25, 0.3) is 0 Å². The first-order valence-corrected chi connectivity index (χ1v) is 6.24. The number of hydrogen-bond donors (Lipinski definition) is 1. The summed E-state index contributed by atoms with van der Waals surface area (Å²) >= 11 is 0. The van der Waals surface area contributed by atoms with E-state index in [-0.39, 0.29) is 5.41 Å². The zero-order valence-electron chi connectivity index (χ0n) is 10.9. The predicted octanol–water partition coefficient (Wildman–Crippen LogP) is 2.37. The van der Waals surface area contributed by atoms with Gasteiger partial charge in [-0.15, -0.1) is 0 Å². The lowest BCUT2D eigenvalue weighted by molar-refractivity contribution is 0.120. The summed E-state index contributed by atoms with van der Waals surface area (Å²) in [5.74, 6) is 0.688. The first kappa shape index (κ1) is 12.3. The summed E-state index contributed by atoms with van der Waals surface area (Å²) in [6.45, 7) is 8.16. The Morgan fingerprint density at radius 2 is 2.06 bits per heavy atom. The second-order valence-corrected chi connectivity index (χ2v) is 5.56. The third kappa shape index (κ3) is 3.40. The number of rotatable bonds is 3. The number of anilines is 1. The van der Waals surface area contributed by atoms with E-state index in [1.807, 2.05) is 12.4 Å². The summed E-state index contributed by atoms with van der Waals surface area (Å²) in [6, 6.07) is 0. The lowest BCUT2D eigenvalue weighted by atomic mass is 9.89. The number of nitrogens with zero attached hydrogens (tertiary/aromatic N) is 2. The fraction of sp³-hybridized carbons (Fsp3) is 0.692. The monoisotopic (exact) mass is 235 g/mol. The van der Waals surface area contributed by atoms with Crippen LogP contribution < -0.4 is 5.32 Å². The van der Waals surface area contributed by atoms with Crippen molar-refractivity contribution in [1.29, 1.82) is 0 Å². The molecule has 2 rings (SSSR count). The van der Waals surface area contributed by atoms with Crippen molar-refractivity contribution in [3.05, 3.63) is 18.0 Å². The Bertz CT molecular complexity index is 350. The molecule has 1 fully saturated rings. The molecule has 1 aliphatic rings. The normalized spacial score (nSPS) is 20.5. The summed E-state index contributed by atoms with van der Waals surface area (Å²) in [6.07, 6.45) is 6.40. The van der Waals surface area contributed by atoms with Crippen LogP contribution in [0.5, 0.6) is 0 Å². The van der Waals surface area contributed by atoms with E-state index in [1.54, 1.807) is 0 Å². The van der Waals surface area contributed by atoms with Crippen LogP contribution >= 0.6 is 0 Å². The highest BCUT2D eigenvalue weighted by atomic mass is 16.5. The van der Waals surface area contributed by atoms with Crippen LogP contribution in [0.1, 0.15) is 39.2 Å². The number of aromatic nitrogens is 2. The van der Waals surface area contributed by atoms with Gasteiger partial charge in [0.25, 0.3) is 0 Å². The summed E-state index contributed by atoms with van der Waals surface area (Å²) < 4.78 is 5.53. The molecular weight excluding hydrogens is 214 g/mol. The number of nitrogens with one attached hydrogen (secondary N) is 1. The molecule has 1 unspecified atom stereocenters. The standard InChI is InChI=1S/C13H21N3O/c1-13(2,3)10-7-14-12(15-8-10)16-9-11-5-4-6-17-11/h7-8,11H,4-6,9H2,1-3H3,(H,14,15,16). The first-order chi connectivity index (χ1) is 8.05. The van der Waals surface area contributed by atoms with E-state index >= 15 is 0 Å². The molecule has 1 saturated heterocycles. The van der Waals surface area contributed by atoms with Gasteiger partial charge in [0.1, 0.15) is 0 Å². The average Bonchev–Trinajstić information content (AvgIpc) is 2.78. The van der Waals surface area contributed by atoms with Gasteiger partial charge in [0.05, 0.1) is 6.10 Å². The number of ether oxygens (including phenoxy) is 1. The van der Waals surface area contributed by atoms with Gasteiger partial charge in [0, 0.05) is 25.5 Å². The van der Waals surface area contributed by atoms with Crippen molar-refractivity contribution in [3.63, 3.8) is 0 Å². The van der Waals surface area contributed by atoms with Crippen LogP contribution in [0, 0.1) is 0 Å². The van der Waals surface area contributed by atoms with Crippen molar-refractivity contribution in [3.8, 4) is 0 Å². The smallest absolute Gasteiger partial charge is 0.222 e. The van der Waals surface area contributed by atoms with Crippen LogP contribution in [0.2, 0.25) is 0 Å². The van der Waals surface area contributed by atoms with E-state index < -0.39 is 0 Å². The van der Waals surface area contributed by atoms with E-state index in [9.17, 15) is 0 Å². The first-order valence-electron chi connectivity index (χ1n) is 6.24. The largest absolute Gasteiger partial charge is 0.376 e. The van der Waals surface area contributed by atoms with Crippen LogP contribution in [0.4, 0.5) is 5.95 Å². The average molecular weight is 235 g/mol. The van der Waals surface area contributed by atoms with Crippen molar-refractivity contribution < 1.29 is 4.74 Å². The van der Waals surface area contributed by atoms with Crippen molar-refractivity contribution in [2.45, 2.75) is 45.1 Å². The van der Waals surface area contributed by atoms with E-state index in [0.29, 0.717) is 12.1 Å². The second kappa shape index (κ2) is 5.00. The summed E-state index contributed by atoms with van der Waals surface area (Å²) in [5.41, 5.74) is 1.26. The highest BCUT2D eigenvalue weighted by molar-refractivity contribution is 5.27. The molecule has 0 aromatic carbocycles. The molecule has 94 valence electrons. The van der Waals surface area contributed by atoms with Gasteiger partial charge < -0.3 is 10.1 Å². The summed E-state index contributed by atoms with van der Waals surface area (Å²) in [4.78, 5) is 8.66. The molecule has 4 heteroatoms. The Kier molecular flexibility index (Phi) is 3.62. The lowest BCUT2D eigenvalue weighted by Gasteiger charge is -2.18. The van der Waals surface area contributed by atoms with Gasteiger partial charge >= 0.3 is 0 Å². The highest BCUT2D eigenvalue weighted by Gasteiger charge is 2.16. The van der Waals surface area contributed by atoms with E-state index in [2.05, 4.69) is 36.1 Å². The molecule has 4 nitrogen and oxygen atoms in total. The number of hydrogen-bond acceptors (Lipinski definition) is 4. The van der Waals surface area contributed by atoms with Gasteiger partial charge in [-0.3, -0.25) is 0 Å². The molecule has 0 spiro atoms. The van der Waals surface area contributed by atoms with Gasteiger partial charge in [-0.1, -0.05) is 20.8 Å². The Morgan fingerprint density at radius 1 is 1.35 bits per heavy atom. The van der Waals surface area contributed by atoms with E-state index in [0.717, 1.165) is 31.6 Å². The maximum Gasteiger partial charge on any atom is 0.222 e. The minimum absolute atomic E-state index is 0.104. The molecule has 0 aliphatic carbocycles. The second-order valence-electron chi connectivity index (χ2n) is 5.56. The quantitative estimate of drug-likeness (QED) is 0.873. The fourth-order valence-corrected chi connectivity index (χ4v) is 1.82. The molecule has 1 aromatic rings. The lowest BCUT2D eigenvalue weighted by Crippen LogP contribution is -2.20. The Labute approximate surface area is 103 Å². The molecule has 0 radical (unpaired) electrons. The topological polar surface area (TPSA) is 47.0 Å². The van der Waals surface area contributed by atoms with Gasteiger partial charge in [-0.25, -0.2) is 9.97 Å². The zero-order valence-corrected chi connectivity index (χ0v) is 10.9. The Balaban J connectivity index is 1.89. The molecular formula is C13H21N3O. The van der Waals surface area contributed by atoms with Crippen molar-refractivity contribution in [2.24, 2.45) is 0 Å². The highest BCUT2D eigenvalue weighted by Crippen LogP contribution is 2.20. The predicted molar refractivity (Wildman–Crippen MR) is 68.2 cm³/mol. The molecule has 1 atom stereocenters. The third-order valence-corrected chi connectivity index (χ3v) is 3.03.